The maximum absolute atomic E-state index is 13.9. The van der Waals surface area contributed by atoms with Gasteiger partial charge in [0.25, 0.3) is 5.91 Å². The lowest BCUT2D eigenvalue weighted by molar-refractivity contribution is -0.173. The summed E-state index contributed by atoms with van der Waals surface area (Å²) in [6.07, 6.45) is -1.17. The number of rotatable bonds is 3. The van der Waals surface area contributed by atoms with Crippen molar-refractivity contribution in [2.75, 3.05) is 11.9 Å². The quantitative estimate of drug-likeness (QED) is 0.675. The van der Waals surface area contributed by atoms with E-state index < -0.39 is 24.2 Å². The number of nitrogens with zero attached hydrogens (tertiary/aromatic N) is 3. The number of benzene rings is 1. The molecular formula is C21H24ClF3N4O. The van der Waals surface area contributed by atoms with Crippen LogP contribution in [0.1, 0.15) is 67.2 Å². The van der Waals surface area contributed by atoms with E-state index in [1.807, 2.05) is 13.0 Å². The van der Waals surface area contributed by atoms with Gasteiger partial charge in [-0.05, 0) is 31.2 Å². The zero-order valence-electron chi connectivity index (χ0n) is 16.6. The standard InChI is InChI=1S/C21H24ClF3N4O/c1-2-14-10-6-7-11-28(14)20(30)18-17(22)19-26-15(13-8-4-3-5-9-13)12-16(21(23,24)25)29(19)27-18/h3-5,8-9,14-16,26H,2,6-7,10-12H2,1H3/t14-,15+,16-/m1/s1. The van der Waals surface area contributed by atoms with E-state index in [0.29, 0.717) is 6.54 Å². The summed E-state index contributed by atoms with van der Waals surface area (Å²) in [5.41, 5.74) is 0.618. The Hall–Kier alpha value is -2.22. The van der Waals surface area contributed by atoms with Crippen LogP contribution in [0.3, 0.4) is 0 Å². The van der Waals surface area contributed by atoms with E-state index in [0.717, 1.165) is 35.9 Å². The average molecular weight is 441 g/mol. The third kappa shape index (κ3) is 3.77. The highest BCUT2D eigenvalue weighted by Crippen LogP contribution is 2.46. The van der Waals surface area contributed by atoms with Crippen LogP contribution >= 0.6 is 11.6 Å². The van der Waals surface area contributed by atoms with Gasteiger partial charge in [0.2, 0.25) is 0 Å². The van der Waals surface area contributed by atoms with Crippen molar-refractivity contribution in [1.82, 2.24) is 14.7 Å². The summed E-state index contributed by atoms with van der Waals surface area (Å²) < 4.78 is 42.5. The Balaban J connectivity index is 1.72. The van der Waals surface area contributed by atoms with Gasteiger partial charge in [-0.1, -0.05) is 48.9 Å². The van der Waals surface area contributed by atoms with Crippen LogP contribution in [0.5, 0.6) is 0 Å². The van der Waals surface area contributed by atoms with Crippen molar-refractivity contribution in [1.29, 1.82) is 0 Å². The van der Waals surface area contributed by atoms with E-state index in [2.05, 4.69) is 10.4 Å². The fraction of sp³-hybridized carbons (Fsp3) is 0.524. The summed E-state index contributed by atoms with van der Waals surface area (Å²) >= 11 is 6.45. The number of halogens is 4. The molecule has 0 radical (unpaired) electrons. The molecule has 1 amide bonds. The molecule has 2 aromatic rings. The van der Waals surface area contributed by atoms with Gasteiger partial charge in [-0.3, -0.25) is 4.79 Å². The second-order valence-electron chi connectivity index (χ2n) is 7.91. The minimum atomic E-state index is -4.52. The molecule has 2 aliphatic heterocycles. The molecule has 162 valence electrons. The topological polar surface area (TPSA) is 50.2 Å². The lowest BCUT2D eigenvalue weighted by Crippen LogP contribution is -2.43. The fourth-order valence-electron chi connectivity index (χ4n) is 4.46. The van der Waals surface area contributed by atoms with Gasteiger partial charge < -0.3 is 10.2 Å². The Morgan fingerprint density at radius 3 is 2.67 bits per heavy atom. The normalized spacial score (nSPS) is 24.3. The predicted molar refractivity (Wildman–Crippen MR) is 109 cm³/mol. The largest absolute Gasteiger partial charge is 0.410 e. The van der Waals surface area contributed by atoms with Crippen LogP contribution in [0.2, 0.25) is 5.02 Å². The summed E-state index contributed by atoms with van der Waals surface area (Å²) in [5.74, 6) is -0.347. The van der Waals surface area contributed by atoms with Crippen LogP contribution in [-0.4, -0.2) is 39.4 Å². The van der Waals surface area contributed by atoms with Gasteiger partial charge in [-0.15, -0.1) is 0 Å². The van der Waals surface area contributed by atoms with Gasteiger partial charge >= 0.3 is 6.18 Å². The molecule has 9 heteroatoms. The minimum absolute atomic E-state index is 0.0460. The molecule has 3 heterocycles. The molecule has 3 atom stereocenters. The molecule has 0 aliphatic carbocycles. The molecule has 5 nitrogen and oxygen atoms in total. The van der Waals surface area contributed by atoms with E-state index in [4.69, 9.17) is 11.6 Å². The maximum atomic E-state index is 13.9. The molecule has 1 aromatic heterocycles. The monoisotopic (exact) mass is 440 g/mol. The number of carbonyl (C=O) groups excluding carboxylic acids is 1. The summed E-state index contributed by atoms with van der Waals surface area (Å²) in [6, 6.07) is 6.54. The van der Waals surface area contributed by atoms with E-state index in [9.17, 15) is 18.0 Å². The van der Waals surface area contributed by atoms with Crippen molar-refractivity contribution in [2.45, 2.75) is 63.3 Å². The van der Waals surface area contributed by atoms with Crippen molar-refractivity contribution in [3.05, 3.63) is 46.6 Å². The number of amides is 1. The summed E-state index contributed by atoms with van der Waals surface area (Å²) in [7, 11) is 0. The van der Waals surface area contributed by atoms with Crippen molar-refractivity contribution in [3.8, 4) is 0 Å². The average Bonchev–Trinajstić information content (AvgIpc) is 3.09. The molecule has 1 saturated heterocycles. The van der Waals surface area contributed by atoms with Gasteiger partial charge in [0.1, 0.15) is 10.8 Å². The molecule has 1 N–H and O–H groups in total. The highest BCUT2D eigenvalue weighted by molar-refractivity contribution is 6.36. The van der Waals surface area contributed by atoms with Crippen LogP contribution in [0.15, 0.2) is 30.3 Å². The van der Waals surface area contributed by atoms with Gasteiger partial charge in [-0.2, -0.15) is 18.3 Å². The summed E-state index contributed by atoms with van der Waals surface area (Å²) in [6.45, 7) is 2.57. The fourth-order valence-corrected chi connectivity index (χ4v) is 4.72. The number of likely N-dealkylation sites (tertiary alicyclic amines) is 1. The molecule has 0 unspecified atom stereocenters. The highest BCUT2D eigenvalue weighted by atomic mass is 35.5. The molecule has 0 spiro atoms. The number of aromatic nitrogens is 2. The van der Waals surface area contributed by atoms with Crippen LogP contribution in [-0.2, 0) is 0 Å². The Morgan fingerprint density at radius 2 is 2.00 bits per heavy atom. The summed E-state index contributed by atoms with van der Waals surface area (Å²) in [4.78, 5) is 14.9. The number of piperidine rings is 1. The number of hydrogen-bond acceptors (Lipinski definition) is 3. The van der Waals surface area contributed by atoms with E-state index >= 15 is 0 Å². The van der Waals surface area contributed by atoms with Gasteiger partial charge in [0.05, 0.1) is 6.04 Å². The van der Waals surface area contributed by atoms with E-state index in [1.165, 1.54) is 0 Å². The Morgan fingerprint density at radius 1 is 1.27 bits per heavy atom. The SMILES string of the molecule is CC[C@@H]1CCCCN1C(=O)c1nn2c(c1Cl)N[C@H](c1ccccc1)C[C@@H]2C(F)(F)F. The van der Waals surface area contributed by atoms with Crippen LogP contribution in [0.25, 0.3) is 0 Å². The molecule has 1 aromatic carbocycles. The molecule has 0 bridgehead atoms. The zero-order valence-corrected chi connectivity index (χ0v) is 17.4. The molecule has 0 saturated carbocycles. The van der Waals surface area contributed by atoms with Crippen LogP contribution < -0.4 is 5.32 Å². The van der Waals surface area contributed by atoms with Crippen LogP contribution in [0.4, 0.5) is 19.0 Å². The first-order valence-corrected chi connectivity index (χ1v) is 10.7. The zero-order chi connectivity index (χ0) is 21.5. The smallest absolute Gasteiger partial charge is 0.362 e. The number of nitrogens with one attached hydrogen (secondary N) is 1. The van der Waals surface area contributed by atoms with Crippen molar-refractivity contribution >= 4 is 23.3 Å². The van der Waals surface area contributed by atoms with Crippen molar-refractivity contribution in [2.24, 2.45) is 0 Å². The third-order valence-electron chi connectivity index (χ3n) is 6.06. The van der Waals surface area contributed by atoms with Crippen molar-refractivity contribution < 1.29 is 18.0 Å². The number of fused-ring (bicyclic) bond motifs is 1. The van der Waals surface area contributed by atoms with E-state index in [1.54, 1.807) is 29.2 Å². The molecular weight excluding hydrogens is 417 g/mol. The highest BCUT2D eigenvalue weighted by Gasteiger charge is 2.48. The maximum Gasteiger partial charge on any atom is 0.410 e. The Labute approximate surface area is 178 Å². The number of anilines is 1. The number of hydrogen-bond donors (Lipinski definition) is 1. The third-order valence-corrected chi connectivity index (χ3v) is 6.42. The van der Waals surface area contributed by atoms with Gasteiger partial charge in [0.15, 0.2) is 11.7 Å². The van der Waals surface area contributed by atoms with E-state index in [-0.39, 0.29) is 29.0 Å². The lowest BCUT2D eigenvalue weighted by Gasteiger charge is -2.34. The first-order chi connectivity index (χ1) is 14.3. The second kappa shape index (κ2) is 8.13. The van der Waals surface area contributed by atoms with Crippen LogP contribution in [0, 0.1) is 0 Å². The first kappa shape index (κ1) is 21.0. The molecule has 1 fully saturated rings. The number of carbonyl (C=O) groups is 1. The van der Waals surface area contributed by atoms with Crippen molar-refractivity contribution in [3.63, 3.8) is 0 Å². The van der Waals surface area contributed by atoms with Gasteiger partial charge in [-0.25, -0.2) is 4.68 Å². The van der Waals surface area contributed by atoms with Gasteiger partial charge in [0, 0.05) is 19.0 Å². The molecule has 30 heavy (non-hydrogen) atoms. The molecule has 4 rings (SSSR count). The Kier molecular flexibility index (Phi) is 5.70. The number of alkyl halides is 3. The predicted octanol–water partition coefficient (Wildman–Crippen LogP) is 5.60. The first-order valence-electron chi connectivity index (χ1n) is 10.3. The molecule has 2 aliphatic rings. The second-order valence-corrected chi connectivity index (χ2v) is 8.29. The summed E-state index contributed by atoms with van der Waals surface area (Å²) in [5, 5.41) is 7.12. The Bertz CT molecular complexity index is 915. The lowest BCUT2D eigenvalue weighted by atomic mass is 9.97. The minimum Gasteiger partial charge on any atom is -0.362 e.